The van der Waals surface area contributed by atoms with Crippen LogP contribution >= 0.6 is 0 Å². The van der Waals surface area contributed by atoms with Crippen molar-refractivity contribution in [3.63, 3.8) is 0 Å². The van der Waals surface area contributed by atoms with Gasteiger partial charge >= 0.3 is 0 Å². The SMILES string of the molecule is C=CC(=O)N(CCC)CC(=C)CCC. The van der Waals surface area contributed by atoms with Gasteiger partial charge in [0.15, 0.2) is 0 Å². The average Bonchev–Trinajstić information content (AvgIpc) is 2.16. The highest BCUT2D eigenvalue weighted by Gasteiger charge is 2.09. The van der Waals surface area contributed by atoms with Crippen LogP contribution in [0.2, 0.25) is 0 Å². The predicted molar refractivity (Wildman–Crippen MR) is 61.1 cm³/mol. The van der Waals surface area contributed by atoms with Crippen LogP contribution in [0, 0.1) is 0 Å². The van der Waals surface area contributed by atoms with Crippen molar-refractivity contribution in [1.29, 1.82) is 0 Å². The van der Waals surface area contributed by atoms with Gasteiger partial charge < -0.3 is 4.90 Å². The van der Waals surface area contributed by atoms with Crippen molar-refractivity contribution < 1.29 is 4.79 Å². The maximum atomic E-state index is 11.4. The third-order valence-corrected chi connectivity index (χ3v) is 2.00. The van der Waals surface area contributed by atoms with Crippen molar-refractivity contribution >= 4 is 5.91 Å². The monoisotopic (exact) mass is 195 g/mol. The summed E-state index contributed by atoms with van der Waals surface area (Å²) in [4.78, 5) is 13.2. The number of nitrogens with zero attached hydrogens (tertiary/aromatic N) is 1. The van der Waals surface area contributed by atoms with Gasteiger partial charge in [-0.25, -0.2) is 0 Å². The smallest absolute Gasteiger partial charge is 0.246 e. The Balaban J connectivity index is 4.14. The minimum Gasteiger partial charge on any atom is -0.335 e. The lowest BCUT2D eigenvalue weighted by atomic mass is 10.1. The minimum atomic E-state index is 0.00380. The van der Waals surface area contributed by atoms with Crippen molar-refractivity contribution in [3.05, 3.63) is 24.8 Å². The molecule has 0 spiro atoms. The Labute approximate surface area is 87.3 Å². The number of carbonyl (C=O) groups excluding carboxylic acids is 1. The summed E-state index contributed by atoms with van der Waals surface area (Å²) in [5.41, 5.74) is 1.12. The predicted octanol–water partition coefficient (Wildman–Crippen LogP) is 2.77. The van der Waals surface area contributed by atoms with E-state index in [0.29, 0.717) is 6.54 Å². The Morgan fingerprint density at radius 1 is 1.36 bits per heavy atom. The van der Waals surface area contributed by atoms with E-state index in [2.05, 4.69) is 27.0 Å². The van der Waals surface area contributed by atoms with Gasteiger partial charge in [-0.15, -0.1) is 0 Å². The van der Waals surface area contributed by atoms with Crippen LogP contribution in [0.3, 0.4) is 0 Å². The van der Waals surface area contributed by atoms with E-state index in [9.17, 15) is 4.79 Å². The molecule has 0 aromatic rings. The highest BCUT2D eigenvalue weighted by molar-refractivity contribution is 5.87. The molecule has 0 aliphatic heterocycles. The zero-order valence-corrected chi connectivity index (χ0v) is 9.38. The van der Waals surface area contributed by atoms with Crippen molar-refractivity contribution in [2.24, 2.45) is 0 Å². The van der Waals surface area contributed by atoms with Gasteiger partial charge in [-0.3, -0.25) is 4.79 Å². The molecule has 14 heavy (non-hydrogen) atoms. The summed E-state index contributed by atoms with van der Waals surface area (Å²) in [6.07, 6.45) is 4.42. The molecule has 0 bridgehead atoms. The topological polar surface area (TPSA) is 20.3 Å². The molecule has 0 saturated carbocycles. The molecule has 0 fully saturated rings. The summed E-state index contributed by atoms with van der Waals surface area (Å²) >= 11 is 0. The van der Waals surface area contributed by atoms with E-state index in [4.69, 9.17) is 0 Å². The summed E-state index contributed by atoms with van der Waals surface area (Å²) < 4.78 is 0. The van der Waals surface area contributed by atoms with Crippen LogP contribution in [-0.4, -0.2) is 23.9 Å². The van der Waals surface area contributed by atoms with E-state index in [1.54, 1.807) is 4.90 Å². The van der Waals surface area contributed by atoms with E-state index in [-0.39, 0.29) is 5.91 Å². The van der Waals surface area contributed by atoms with Crippen LogP contribution in [0.5, 0.6) is 0 Å². The van der Waals surface area contributed by atoms with Crippen molar-refractivity contribution in [1.82, 2.24) is 4.90 Å². The second kappa shape index (κ2) is 7.36. The van der Waals surface area contributed by atoms with Crippen LogP contribution in [0.1, 0.15) is 33.1 Å². The first-order valence-corrected chi connectivity index (χ1v) is 5.23. The van der Waals surface area contributed by atoms with E-state index >= 15 is 0 Å². The Morgan fingerprint density at radius 2 is 2.00 bits per heavy atom. The first kappa shape index (κ1) is 12.9. The minimum absolute atomic E-state index is 0.00380. The molecular weight excluding hydrogens is 174 g/mol. The molecular formula is C12H21NO. The van der Waals surface area contributed by atoms with Crippen LogP contribution in [0.4, 0.5) is 0 Å². The van der Waals surface area contributed by atoms with Crippen molar-refractivity contribution in [2.45, 2.75) is 33.1 Å². The fraction of sp³-hybridized carbons (Fsp3) is 0.583. The Bertz CT molecular complexity index is 208. The lowest BCUT2D eigenvalue weighted by Crippen LogP contribution is -2.31. The lowest BCUT2D eigenvalue weighted by Gasteiger charge is -2.21. The molecule has 0 radical (unpaired) electrons. The van der Waals surface area contributed by atoms with Gasteiger partial charge in [-0.05, 0) is 18.9 Å². The number of rotatable bonds is 7. The Morgan fingerprint density at radius 3 is 2.43 bits per heavy atom. The fourth-order valence-corrected chi connectivity index (χ4v) is 1.37. The molecule has 0 atom stereocenters. The maximum Gasteiger partial charge on any atom is 0.246 e. The summed E-state index contributed by atoms with van der Waals surface area (Å²) in [5, 5.41) is 0. The van der Waals surface area contributed by atoms with E-state index < -0.39 is 0 Å². The fourth-order valence-electron chi connectivity index (χ4n) is 1.37. The molecule has 0 saturated heterocycles. The van der Waals surface area contributed by atoms with Gasteiger partial charge in [0.2, 0.25) is 5.91 Å². The van der Waals surface area contributed by atoms with E-state index in [1.807, 2.05) is 0 Å². The molecule has 0 unspecified atom stereocenters. The first-order valence-electron chi connectivity index (χ1n) is 5.23. The zero-order chi connectivity index (χ0) is 11.0. The second-order valence-corrected chi connectivity index (χ2v) is 3.46. The van der Waals surface area contributed by atoms with Crippen LogP contribution in [0.15, 0.2) is 24.8 Å². The van der Waals surface area contributed by atoms with Gasteiger partial charge in [0, 0.05) is 13.1 Å². The number of carbonyl (C=O) groups is 1. The van der Waals surface area contributed by atoms with E-state index in [1.165, 1.54) is 6.08 Å². The molecule has 1 amide bonds. The highest BCUT2D eigenvalue weighted by Crippen LogP contribution is 2.05. The molecule has 0 aromatic carbocycles. The summed E-state index contributed by atoms with van der Waals surface area (Å²) in [5.74, 6) is 0.00380. The molecule has 2 heteroatoms. The second-order valence-electron chi connectivity index (χ2n) is 3.46. The summed E-state index contributed by atoms with van der Waals surface area (Å²) in [6, 6.07) is 0. The standard InChI is InChI=1S/C12H21NO/c1-5-8-11(4)10-13(9-6-2)12(14)7-3/h7H,3-6,8-10H2,1-2H3. The summed E-state index contributed by atoms with van der Waals surface area (Å²) in [6.45, 7) is 13.1. The number of hydrogen-bond donors (Lipinski definition) is 0. The maximum absolute atomic E-state index is 11.4. The largest absolute Gasteiger partial charge is 0.335 e. The normalized spacial score (nSPS) is 9.57. The van der Waals surface area contributed by atoms with Gasteiger partial charge in [-0.2, -0.15) is 0 Å². The molecule has 0 aromatic heterocycles. The molecule has 0 heterocycles. The molecule has 0 N–H and O–H groups in total. The molecule has 0 aliphatic rings. The first-order chi connectivity index (χ1) is 6.65. The van der Waals surface area contributed by atoms with Crippen molar-refractivity contribution in [3.8, 4) is 0 Å². The molecule has 80 valence electrons. The van der Waals surface area contributed by atoms with Gasteiger partial charge in [-0.1, -0.05) is 39.0 Å². The molecule has 2 nitrogen and oxygen atoms in total. The molecule has 0 rings (SSSR count). The van der Waals surface area contributed by atoms with Gasteiger partial charge in [0.25, 0.3) is 0 Å². The quantitative estimate of drug-likeness (QED) is 0.452. The third kappa shape index (κ3) is 4.85. The van der Waals surface area contributed by atoms with Gasteiger partial charge in [0.05, 0.1) is 0 Å². The number of amides is 1. The van der Waals surface area contributed by atoms with Crippen LogP contribution in [-0.2, 0) is 4.79 Å². The Hall–Kier alpha value is -1.05. The molecule has 0 aliphatic carbocycles. The zero-order valence-electron chi connectivity index (χ0n) is 9.38. The average molecular weight is 195 g/mol. The Kier molecular flexibility index (Phi) is 6.81. The van der Waals surface area contributed by atoms with Gasteiger partial charge in [0.1, 0.15) is 0 Å². The van der Waals surface area contributed by atoms with Crippen LogP contribution < -0.4 is 0 Å². The van der Waals surface area contributed by atoms with Crippen LogP contribution in [0.25, 0.3) is 0 Å². The van der Waals surface area contributed by atoms with E-state index in [0.717, 1.165) is 31.4 Å². The lowest BCUT2D eigenvalue weighted by molar-refractivity contribution is -0.125. The number of hydrogen-bond acceptors (Lipinski definition) is 1. The summed E-state index contributed by atoms with van der Waals surface area (Å²) in [7, 11) is 0. The highest BCUT2D eigenvalue weighted by atomic mass is 16.2. The third-order valence-electron chi connectivity index (χ3n) is 2.00. The van der Waals surface area contributed by atoms with Crippen molar-refractivity contribution in [2.75, 3.05) is 13.1 Å².